The molecule has 310 valence electrons. The lowest BCUT2D eigenvalue weighted by Crippen LogP contribution is -2.47. The lowest BCUT2D eigenvalue weighted by atomic mass is 9.84. The number of hydrogen-bond donors (Lipinski definition) is 3. The average Bonchev–Trinajstić information content (AvgIpc) is 3.23. The highest BCUT2D eigenvalue weighted by atomic mass is 19.1. The largest absolute Gasteiger partial charge is 0.374 e. The summed E-state index contributed by atoms with van der Waals surface area (Å²) in [6, 6.07) is 15.1. The molecule has 59 heavy (non-hydrogen) atoms. The minimum atomic E-state index is -0.550. The van der Waals surface area contributed by atoms with Gasteiger partial charge in [0, 0.05) is 67.2 Å². The third kappa shape index (κ3) is 9.53. The molecule has 2 aromatic heterocycles. The van der Waals surface area contributed by atoms with E-state index in [1.165, 1.54) is 16.8 Å². The van der Waals surface area contributed by atoms with E-state index in [-0.39, 0.29) is 59.1 Å². The number of imide groups is 1. The van der Waals surface area contributed by atoms with Gasteiger partial charge in [-0.15, -0.1) is 0 Å². The van der Waals surface area contributed by atoms with Crippen LogP contribution >= 0.6 is 0 Å². The van der Waals surface area contributed by atoms with Gasteiger partial charge in [0.15, 0.2) is 5.82 Å². The average molecular weight is 807 g/mol. The highest BCUT2D eigenvalue weighted by Gasteiger charge is 2.33. The first-order chi connectivity index (χ1) is 28.6. The second kappa shape index (κ2) is 17.8. The summed E-state index contributed by atoms with van der Waals surface area (Å²) in [6.07, 6.45) is 10.4. The third-order valence-corrected chi connectivity index (χ3v) is 12.7. The number of aromatic nitrogens is 3. The van der Waals surface area contributed by atoms with Crippen LogP contribution in [0, 0.1) is 30.4 Å². The van der Waals surface area contributed by atoms with Crippen molar-refractivity contribution in [2.75, 3.05) is 43.4 Å². The molecule has 8 rings (SSSR count). The Morgan fingerprint density at radius 3 is 2.36 bits per heavy atom. The SMILES string of the molecule is Cc1ccn(-c2cccc(-c3nc(N[C@H]4CC[C@H](C(=O)N5CCC(CN6CCC(c7ccc(NC8CCC(=O)NC8=O)cc7F)CC6)CC5)CC4)ncc3F)c2)c(=O)c1. The number of anilines is 2. The maximum atomic E-state index is 15.2. The van der Waals surface area contributed by atoms with Crippen LogP contribution in [0.2, 0.25) is 0 Å². The van der Waals surface area contributed by atoms with Crippen LogP contribution in [0.5, 0.6) is 0 Å². The molecule has 1 unspecified atom stereocenters. The molecule has 2 aromatic carbocycles. The first kappa shape index (κ1) is 40.3. The lowest BCUT2D eigenvalue weighted by Gasteiger charge is -2.39. The monoisotopic (exact) mass is 806 g/mol. The number of piperidine rings is 3. The fourth-order valence-electron chi connectivity index (χ4n) is 9.27. The minimum Gasteiger partial charge on any atom is -0.374 e. The Kier molecular flexibility index (Phi) is 12.1. The molecule has 3 saturated heterocycles. The van der Waals surface area contributed by atoms with Crippen LogP contribution in [-0.2, 0) is 14.4 Å². The molecule has 1 aliphatic carbocycles. The van der Waals surface area contributed by atoms with E-state index in [1.807, 2.05) is 25.1 Å². The van der Waals surface area contributed by atoms with E-state index in [9.17, 15) is 19.2 Å². The molecule has 1 atom stereocenters. The van der Waals surface area contributed by atoms with Gasteiger partial charge < -0.3 is 20.4 Å². The summed E-state index contributed by atoms with van der Waals surface area (Å²) >= 11 is 0. The molecule has 4 aromatic rings. The van der Waals surface area contributed by atoms with E-state index in [0.29, 0.717) is 40.8 Å². The fourth-order valence-corrected chi connectivity index (χ4v) is 9.27. The number of likely N-dealkylation sites (tertiary alicyclic amines) is 2. The van der Waals surface area contributed by atoms with Crippen LogP contribution in [0.3, 0.4) is 0 Å². The number of pyridine rings is 1. The molecule has 12 nitrogen and oxygen atoms in total. The first-order valence-electron chi connectivity index (χ1n) is 21.1. The summed E-state index contributed by atoms with van der Waals surface area (Å²) in [7, 11) is 0. The van der Waals surface area contributed by atoms with Crippen molar-refractivity contribution in [3.63, 3.8) is 0 Å². The number of carbonyl (C=O) groups excluding carboxylic acids is 3. The number of halogens is 2. The summed E-state index contributed by atoms with van der Waals surface area (Å²) in [5, 5.41) is 8.77. The highest BCUT2D eigenvalue weighted by molar-refractivity contribution is 6.01. The van der Waals surface area contributed by atoms with Gasteiger partial charge in [0.25, 0.3) is 5.56 Å². The van der Waals surface area contributed by atoms with Crippen molar-refractivity contribution in [3.05, 3.63) is 100 Å². The van der Waals surface area contributed by atoms with Crippen molar-refractivity contribution in [2.45, 2.75) is 89.1 Å². The normalized spacial score (nSPS) is 22.2. The third-order valence-electron chi connectivity index (χ3n) is 12.7. The number of nitrogens with one attached hydrogen (secondary N) is 3. The molecule has 14 heteroatoms. The van der Waals surface area contributed by atoms with E-state index in [4.69, 9.17) is 0 Å². The Morgan fingerprint density at radius 1 is 0.847 bits per heavy atom. The van der Waals surface area contributed by atoms with Gasteiger partial charge in [-0.2, -0.15) is 0 Å². The summed E-state index contributed by atoms with van der Waals surface area (Å²) in [5.41, 5.74) is 3.27. The number of amides is 3. The molecule has 0 spiro atoms. The molecule has 3 aliphatic heterocycles. The van der Waals surface area contributed by atoms with Crippen LogP contribution in [-0.4, -0.2) is 86.9 Å². The Morgan fingerprint density at radius 2 is 1.63 bits per heavy atom. The molecule has 0 radical (unpaired) electrons. The number of aryl methyl sites for hydroxylation is 1. The Bertz CT molecular complexity index is 2240. The number of hydrogen-bond acceptors (Lipinski definition) is 9. The van der Waals surface area contributed by atoms with Crippen molar-refractivity contribution in [2.24, 2.45) is 11.8 Å². The number of carbonyl (C=O) groups is 3. The van der Waals surface area contributed by atoms with E-state index in [0.717, 1.165) is 89.7 Å². The summed E-state index contributed by atoms with van der Waals surface area (Å²) in [5.74, 6) is -0.233. The second-order valence-electron chi connectivity index (χ2n) is 16.8. The van der Waals surface area contributed by atoms with Crippen molar-refractivity contribution in [1.29, 1.82) is 0 Å². The first-order valence-corrected chi connectivity index (χ1v) is 21.1. The Labute approximate surface area is 342 Å². The number of benzene rings is 2. The van der Waals surface area contributed by atoms with Gasteiger partial charge in [-0.1, -0.05) is 18.2 Å². The molecule has 3 amide bonds. The van der Waals surface area contributed by atoms with Crippen molar-refractivity contribution in [3.8, 4) is 16.9 Å². The van der Waals surface area contributed by atoms with E-state index < -0.39 is 11.9 Å². The van der Waals surface area contributed by atoms with Crippen molar-refractivity contribution in [1.82, 2.24) is 29.7 Å². The van der Waals surface area contributed by atoms with Gasteiger partial charge in [-0.05, 0) is 131 Å². The van der Waals surface area contributed by atoms with Gasteiger partial charge in [-0.25, -0.2) is 18.7 Å². The van der Waals surface area contributed by atoms with Crippen LogP contribution in [0.25, 0.3) is 16.9 Å². The van der Waals surface area contributed by atoms with Gasteiger partial charge in [-0.3, -0.25) is 29.1 Å². The molecule has 3 N–H and O–H groups in total. The molecule has 5 heterocycles. The summed E-state index contributed by atoms with van der Waals surface area (Å²) < 4.78 is 31.8. The molecule has 4 fully saturated rings. The zero-order valence-electron chi connectivity index (χ0n) is 33.5. The second-order valence-corrected chi connectivity index (χ2v) is 16.8. The fraction of sp³-hybridized carbons (Fsp3) is 0.467. The number of rotatable bonds is 10. The lowest BCUT2D eigenvalue weighted by molar-refractivity contribution is -0.138. The van der Waals surface area contributed by atoms with Crippen LogP contribution in [0.15, 0.2) is 71.8 Å². The zero-order chi connectivity index (χ0) is 41.0. The minimum absolute atomic E-state index is 0.0103. The molecule has 4 aliphatic rings. The number of nitrogens with zero attached hydrogens (tertiary/aromatic N) is 5. The predicted octanol–water partition coefficient (Wildman–Crippen LogP) is 6.19. The zero-order valence-corrected chi connectivity index (χ0v) is 33.5. The summed E-state index contributed by atoms with van der Waals surface area (Å²) in [6.45, 7) is 6.21. The van der Waals surface area contributed by atoms with E-state index in [2.05, 4.69) is 35.7 Å². The van der Waals surface area contributed by atoms with E-state index in [1.54, 1.807) is 36.5 Å². The Balaban J connectivity index is 0.763. The maximum absolute atomic E-state index is 15.2. The quantitative estimate of drug-likeness (QED) is 0.160. The highest BCUT2D eigenvalue weighted by Crippen LogP contribution is 2.34. The van der Waals surface area contributed by atoms with Crippen LogP contribution < -0.4 is 21.5 Å². The van der Waals surface area contributed by atoms with Crippen molar-refractivity contribution < 1.29 is 23.2 Å². The topological polar surface area (TPSA) is 142 Å². The predicted molar refractivity (Wildman–Crippen MR) is 221 cm³/mol. The molecular weight excluding hydrogens is 755 g/mol. The standard InChI is InChI=1S/C45H52F2N8O4/c1-28-13-22-55(41(57)23-28)35-4-2-3-32(24-35)42-38(47)26-48-45(52-42)50-33-7-5-31(6-8-33)44(59)54-20-14-29(15-21-54)27-53-18-16-30(17-19-53)36-10-9-34(25-37(36)46)49-39-11-12-40(56)51-43(39)58/h2-4,9-10,13,22-26,29-31,33,39,49H,5-8,11-12,14-21,27H2,1H3,(H,48,50,52)(H,51,56,58)/t31-,33-,39?. The molecular formula is C45H52F2N8O4. The van der Waals surface area contributed by atoms with Crippen molar-refractivity contribution >= 4 is 29.4 Å². The smallest absolute Gasteiger partial charge is 0.255 e. The Hall–Kier alpha value is -5.50. The van der Waals surface area contributed by atoms with Gasteiger partial charge >= 0.3 is 0 Å². The van der Waals surface area contributed by atoms with E-state index >= 15 is 8.78 Å². The van der Waals surface area contributed by atoms with Gasteiger partial charge in [0.2, 0.25) is 23.7 Å². The van der Waals surface area contributed by atoms with Gasteiger partial charge in [0.05, 0.1) is 6.20 Å². The maximum Gasteiger partial charge on any atom is 0.255 e. The van der Waals surface area contributed by atoms with Gasteiger partial charge in [0.1, 0.15) is 17.6 Å². The summed E-state index contributed by atoms with van der Waals surface area (Å²) in [4.78, 5) is 63.0. The van der Waals surface area contributed by atoms with Crippen LogP contribution in [0.1, 0.15) is 81.3 Å². The molecule has 0 bridgehead atoms. The van der Waals surface area contributed by atoms with Crippen LogP contribution in [0.4, 0.5) is 20.4 Å². The molecule has 1 saturated carbocycles.